The van der Waals surface area contributed by atoms with Gasteiger partial charge in [0.1, 0.15) is 17.2 Å². The topological polar surface area (TPSA) is 61.8 Å². The maximum atomic E-state index is 6.50. The molecule has 8 heteroatoms. The lowest BCUT2D eigenvalue weighted by molar-refractivity contribution is -0.0205. The van der Waals surface area contributed by atoms with E-state index >= 15 is 0 Å². The molecule has 0 saturated heterocycles. The van der Waals surface area contributed by atoms with Crippen molar-refractivity contribution in [1.29, 1.82) is 0 Å². The second-order valence-corrected chi connectivity index (χ2v) is 8.59. The number of ether oxygens (including phenoxy) is 5. The largest absolute Gasteiger partial charge is 0.496 e. The molecule has 2 atom stereocenters. The third-order valence-corrected chi connectivity index (χ3v) is 6.56. The Hall–Kier alpha value is -3.58. The molecule has 0 spiro atoms. The third-order valence-electron chi connectivity index (χ3n) is 6.27. The van der Waals surface area contributed by atoms with Gasteiger partial charge in [0.15, 0.2) is 11.5 Å². The summed E-state index contributed by atoms with van der Waals surface area (Å²) < 4.78 is 28.9. The molecule has 0 radical (unpaired) electrons. The molecule has 0 aromatic heterocycles. The minimum Gasteiger partial charge on any atom is -0.496 e. The molecule has 0 fully saturated rings. The van der Waals surface area contributed by atoms with Gasteiger partial charge >= 0.3 is 0 Å². The number of hydrogen-bond donors (Lipinski definition) is 0. The van der Waals surface area contributed by atoms with Gasteiger partial charge < -0.3 is 23.7 Å². The summed E-state index contributed by atoms with van der Waals surface area (Å²) >= 11 is 6.49. The molecule has 0 aliphatic carbocycles. The number of fused-ring (bicyclic) bond motifs is 3. The number of rotatable bonds is 7. The van der Waals surface area contributed by atoms with E-state index in [4.69, 9.17) is 40.4 Å². The molecular formula is C27H27ClN2O5. The summed E-state index contributed by atoms with van der Waals surface area (Å²) in [6.07, 6.45) is 0.178. The van der Waals surface area contributed by atoms with Crippen LogP contribution in [-0.2, 0) is 0 Å². The number of nitrogens with zero attached hydrogens (tertiary/aromatic N) is 2. The van der Waals surface area contributed by atoms with Gasteiger partial charge in [0.25, 0.3) is 0 Å². The summed E-state index contributed by atoms with van der Waals surface area (Å²) in [7, 11) is 4.83. The van der Waals surface area contributed by atoms with Crippen LogP contribution in [0.25, 0.3) is 0 Å². The summed E-state index contributed by atoms with van der Waals surface area (Å²) in [5.41, 5.74) is 3.74. The van der Waals surface area contributed by atoms with Crippen molar-refractivity contribution in [2.24, 2.45) is 5.10 Å². The highest BCUT2D eigenvalue weighted by Crippen LogP contribution is 2.50. The van der Waals surface area contributed by atoms with Crippen molar-refractivity contribution in [3.63, 3.8) is 0 Å². The van der Waals surface area contributed by atoms with Gasteiger partial charge in [0.2, 0.25) is 6.23 Å². The van der Waals surface area contributed by atoms with Gasteiger partial charge in [0.05, 0.1) is 50.3 Å². The second kappa shape index (κ2) is 9.58. The summed E-state index contributed by atoms with van der Waals surface area (Å²) in [6, 6.07) is 17.5. The number of para-hydroxylation sites is 1. The fourth-order valence-electron chi connectivity index (χ4n) is 4.61. The van der Waals surface area contributed by atoms with Crippen molar-refractivity contribution < 1.29 is 23.7 Å². The van der Waals surface area contributed by atoms with Crippen LogP contribution in [-0.4, -0.2) is 38.7 Å². The zero-order valence-electron chi connectivity index (χ0n) is 20.1. The Morgan fingerprint density at radius 1 is 0.914 bits per heavy atom. The minimum absolute atomic E-state index is 0.0110. The monoisotopic (exact) mass is 494 g/mol. The lowest BCUT2D eigenvalue weighted by atomic mass is 9.95. The summed E-state index contributed by atoms with van der Waals surface area (Å²) in [5, 5.41) is 7.58. The Morgan fingerprint density at radius 2 is 1.66 bits per heavy atom. The fraction of sp³-hybridized carbons (Fsp3) is 0.296. The van der Waals surface area contributed by atoms with Gasteiger partial charge in [-0.2, -0.15) is 5.10 Å². The van der Waals surface area contributed by atoms with Crippen molar-refractivity contribution >= 4 is 17.3 Å². The molecule has 0 amide bonds. The van der Waals surface area contributed by atoms with Crippen LogP contribution in [0.4, 0.5) is 0 Å². The van der Waals surface area contributed by atoms with Crippen LogP contribution in [0.3, 0.4) is 0 Å². The average molecular weight is 495 g/mol. The average Bonchev–Trinajstić information content (AvgIpc) is 3.34. The van der Waals surface area contributed by atoms with Crippen LogP contribution in [0.1, 0.15) is 42.3 Å². The first-order chi connectivity index (χ1) is 17.1. The molecular weight excluding hydrogens is 468 g/mol. The molecule has 2 aliphatic rings. The second-order valence-electron chi connectivity index (χ2n) is 8.18. The first-order valence-corrected chi connectivity index (χ1v) is 11.8. The van der Waals surface area contributed by atoms with Crippen molar-refractivity contribution in [1.82, 2.24) is 5.01 Å². The highest BCUT2D eigenvalue weighted by Gasteiger charge is 2.42. The highest BCUT2D eigenvalue weighted by molar-refractivity contribution is 6.32. The zero-order valence-corrected chi connectivity index (χ0v) is 20.8. The predicted octanol–water partition coefficient (Wildman–Crippen LogP) is 6.01. The van der Waals surface area contributed by atoms with E-state index in [2.05, 4.69) is 6.07 Å². The molecule has 7 nitrogen and oxygen atoms in total. The normalized spacial score (nSPS) is 18.2. The summed E-state index contributed by atoms with van der Waals surface area (Å²) in [4.78, 5) is 0. The van der Waals surface area contributed by atoms with Crippen LogP contribution < -0.4 is 23.7 Å². The number of hydrazone groups is 1. The van der Waals surface area contributed by atoms with Crippen molar-refractivity contribution in [3.05, 3.63) is 76.3 Å². The molecule has 0 saturated carbocycles. The molecule has 2 aliphatic heterocycles. The van der Waals surface area contributed by atoms with Gasteiger partial charge in [-0.1, -0.05) is 29.8 Å². The molecule has 3 aromatic rings. The van der Waals surface area contributed by atoms with Crippen LogP contribution in [0.2, 0.25) is 5.02 Å². The smallest absolute Gasteiger partial charge is 0.217 e. The standard InChI is InChI=1S/C27H27ClN2O5/c1-5-34-23-11-10-16(12-19(23)28)20-14-21-17-8-6-7-9-22(17)35-27(30(21)29-20)18-13-25(32-3)26(33-4)15-24(18)31-2/h6-13,15,21,27H,5,14H2,1-4H3. The lowest BCUT2D eigenvalue weighted by Gasteiger charge is -2.38. The quantitative estimate of drug-likeness (QED) is 0.401. The van der Waals surface area contributed by atoms with E-state index in [9.17, 15) is 0 Å². The van der Waals surface area contributed by atoms with E-state index in [1.165, 1.54) is 0 Å². The van der Waals surface area contributed by atoms with E-state index in [-0.39, 0.29) is 6.04 Å². The van der Waals surface area contributed by atoms with Crippen LogP contribution in [0, 0.1) is 0 Å². The number of hydrogen-bond acceptors (Lipinski definition) is 7. The first kappa shape index (κ1) is 23.2. The van der Waals surface area contributed by atoms with Gasteiger partial charge in [-0.25, -0.2) is 5.01 Å². The summed E-state index contributed by atoms with van der Waals surface area (Å²) in [5.74, 6) is 3.27. The van der Waals surface area contributed by atoms with Crippen molar-refractivity contribution in [2.75, 3.05) is 27.9 Å². The fourth-order valence-corrected chi connectivity index (χ4v) is 4.85. The summed E-state index contributed by atoms with van der Waals surface area (Å²) in [6.45, 7) is 2.49. The number of methoxy groups -OCH3 is 3. The maximum absolute atomic E-state index is 6.50. The highest BCUT2D eigenvalue weighted by atomic mass is 35.5. The van der Waals surface area contributed by atoms with E-state index in [0.29, 0.717) is 41.0 Å². The van der Waals surface area contributed by atoms with E-state index < -0.39 is 6.23 Å². The van der Waals surface area contributed by atoms with Crippen molar-refractivity contribution in [2.45, 2.75) is 25.6 Å². The molecule has 0 N–H and O–H groups in total. The third kappa shape index (κ3) is 4.10. The zero-order chi connectivity index (χ0) is 24.5. The van der Waals surface area contributed by atoms with E-state index in [1.807, 2.05) is 54.4 Å². The molecule has 35 heavy (non-hydrogen) atoms. The van der Waals surface area contributed by atoms with E-state index in [1.54, 1.807) is 27.4 Å². The molecule has 2 unspecified atom stereocenters. The maximum Gasteiger partial charge on any atom is 0.217 e. The SMILES string of the molecule is CCOc1ccc(C2=NN3C(C2)c2ccccc2OC3c2cc(OC)c(OC)cc2OC)cc1Cl. The van der Waals surface area contributed by atoms with Gasteiger partial charge in [0, 0.05) is 18.1 Å². The minimum atomic E-state index is -0.527. The Morgan fingerprint density at radius 3 is 2.37 bits per heavy atom. The first-order valence-electron chi connectivity index (χ1n) is 11.4. The Balaban J connectivity index is 1.60. The van der Waals surface area contributed by atoms with Gasteiger partial charge in [-0.05, 0) is 42.8 Å². The van der Waals surface area contributed by atoms with Gasteiger partial charge in [-0.3, -0.25) is 0 Å². The van der Waals surface area contributed by atoms with Crippen LogP contribution >= 0.6 is 11.6 Å². The lowest BCUT2D eigenvalue weighted by Crippen LogP contribution is -2.34. The molecule has 2 heterocycles. The molecule has 5 rings (SSSR count). The molecule has 3 aromatic carbocycles. The predicted molar refractivity (Wildman–Crippen MR) is 134 cm³/mol. The van der Waals surface area contributed by atoms with Crippen LogP contribution in [0.15, 0.2) is 59.7 Å². The van der Waals surface area contributed by atoms with E-state index in [0.717, 1.165) is 28.2 Å². The Kier molecular flexibility index (Phi) is 6.34. The van der Waals surface area contributed by atoms with Crippen molar-refractivity contribution in [3.8, 4) is 28.7 Å². The number of benzene rings is 3. The molecule has 182 valence electrons. The van der Waals surface area contributed by atoms with Gasteiger partial charge in [-0.15, -0.1) is 0 Å². The molecule has 0 bridgehead atoms. The van der Waals surface area contributed by atoms with Crippen LogP contribution in [0.5, 0.6) is 28.7 Å². The Bertz CT molecular complexity index is 1280. The number of halogens is 1. The Labute approximate surface area is 209 Å².